The van der Waals surface area contributed by atoms with E-state index in [-0.39, 0.29) is 0 Å². The van der Waals surface area contributed by atoms with Gasteiger partial charge < -0.3 is 5.11 Å². The fourth-order valence-corrected chi connectivity index (χ4v) is 1.60. The first-order valence-corrected chi connectivity index (χ1v) is 4.48. The summed E-state index contributed by atoms with van der Waals surface area (Å²) in [5.74, 6) is 0. The van der Waals surface area contributed by atoms with Gasteiger partial charge >= 0.3 is 0 Å². The van der Waals surface area contributed by atoms with E-state index in [1.54, 1.807) is 0 Å². The van der Waals surface area contributed by atoms with Crippen molar-refractivity contribution in [3.8, 4) is 0 Å². The third-order valence-corrected chi connectivity index (χ3v) is 2.46. The molecule has 0 spiro atoms. The van der Waals surface area contributed by atoms with Crippen LogP contribution in [0.1, 0.15) is 46.0 Å². The number of hydrogen-bond acceptors (Lipinski definition) is 1. The van der Waals surface area contributed by atoms with Crippen LogP contribution in [0.5, 0.6) is 0 Å². The van der Waals surface area contributed by atoms with E-state index in [2.05, 4.69) is 13.0 Å². The summed E-state index contributed by atoms with van der Waals surface area (Å²) in [5.41, 5.74) is 1.08. The molecule has 0 radical (unpaired) electrons. The smallest absolute Gasteiger partial charge is 0.0622 e. The molecule has 1 heteroatoms. The van der Waals surface area contributed by atoms with Crippen LogP contribution in [0.25, 0.3) is 0 Å². The summed E-state index contributed by atoms with van der Waals surface area (Å²) < 4.78 is 0. The fourth-order valence-electron chi connectivity index (χ4n) is 1.60. The van der Waals surface area contributed by atoms with Crippen LogP contribution in [-0.2, 0) is 0 Å². The molecule has 11 heavy (non-hydrogen) atoms. The molecule has 0 aromatic carbocycles. The molecule has 1 unspecified atom stereocenters. The van der Waals surface area contributed by atoms with E-state index in [0.717, 1.165) is 32.1 Å². The van der Waals surface area contributed by atoms with Crippen LogP contribution in [0.4, 0.5) is 0 Å². The monoisotopic (exact) mass is 154 g/mol. The van der Waals surface area contributed by atoms with E-state index in [1.165, 1.54) is 5.57 Å². The lowest BCUT2D eigenvalue weighted by Gasteiger charge is -2.24. The zero-order valence-electron chi connectivity index (χ0n) is 7.56. The van der Waals surface area contributed by atoms with E-state index in [0.29, 0.717) is 0 Å². The van der Waals surface area contributed by atoms with Crippen molar-refractivity contribution in [1.82, 2.24) is 0 Å². The van der Waals surface area contributed by atoms with Gasteiger partial charge in [-0.25, -0.2) is 0 Å². The molecule has 1 aliphatic carbocycles. The Hall–Kier alpha value is -0.300. The van der Waals surface area contributed by atoms with Gasteiger partial charge in [0.05, 0.1) is 5.60 Å². The maximum atomic E-state index is 9.74. The maximum absolute atomic E-state index is 9.74. The van der Waals surface area contributed by atoms with Crippen LogP contribution in [-0.4, -0.2) is 10.7 Å². The molecule has 0 saturated carbocycles. The number of allylic oxidation sites excluding steroid dienone is 2. The van der Waals surface area contributed by atoms with Gasteiger partial charge in [-0.05, 0) is 46.0 Å². The van der Waals surface area contributed by atoms with Crippen molar-refractivity contribution in [3.05, 3.63) is 11.6 Å². The van der Waals surface area contributed by atoms with Crippen molar-refractivity contribution in [3.63, 3.8) is 0 Å². The maximum Gasteiger partial charge on any atom is 0.0622 e. The van der Waals surface area contributed by atoms with Crippen LogP contribution in [0.3, 0.4) is 0 Å². The first kappa shape index (κ1) is 8.79. The number of rotatable bonds is 0. The lowest BCUT2D eigenvalue weighted by Crippen LogP contribution is -2.24. The third-order valence-electron chi connectivity index (χ3n) is 2.46. The van der Waals surface area contributed by atoms with Crippen molar-refractivity contribution in [2.45, 2.75) is 51.6 Å². The summed E-state index contributed by atoms with van der Waals surface area (Å²) in [6, 6.07) is 0. The van der Waals surface area contributed by atoms with Gasteiger partial charge in [0.15, 0.2) is 0 Å². The van der Waals surface area contributed by atoms with E-state index in [9.17, 15) is 5.11 Å². The van der Waals surface area contributed by atoms with Crippen molar-refractivity contribution in [2.75, 3.05) is 0 Å². The average molecular weight is 154 g/mol. The SMILES string of the molecule is CC1=CCCC(C)(O)CCC1. The molecule has 0 fully saturated rings. The second-order valence-corrected chi connectivity index (χ2v) is 3.94. The lowest BCUT2D eigenvalue weighted by atomic mass is 9.89. The number of aliphatic hydroxyl groups is 1. The molecule has 1 N–H and O–H groups in total. The van der Waals surface area contributed by atoms with Crippen LogP contribution < -0.4 is 0 Å². The predicted octanol–water partition coefficient (Wildman–Crippen LogP) is 2.65. The Bertz CT molecular complexity index is 156. The molecule has 64 valence electrons. The Kier molecular flexibility index (Phi) is 2.72. The summed E-state index contributed by atoms with van der Waals surface area (Å²) in [6.45, 7) is 4.13. The molecule has 0 aliphatic heterocycles. The van der Waals surface area contributed by atoms with Crippen LogP contribution in [0.2, 0.25) is 0 Å². The van der Waals surface area contributed by atoms with Gasteiger partial charge in [-0.1, -0.05) is 11.6 Å². The molecular weight excluding hydrogens is 136 g/mol. The van der Waals surface area contributed by atoms with Crippen molar-refractivity contribution in [2.24, 2.45) is 0 Å². The Morgan fingerprint density at radius 3 is 2.91 bits per heavy atom. The summed E-state index contributed by atoms with van der Waals surface area (Å²) in [4.78, 5) is 0. The Morgan fingerprint density at radius 2 is 2.18 bits per heavy atom. The van der Waals surface area contributed by atoms with E-state index >= 15 is 0 Å². The molecule has 0 heterocycles. The molecule has 1 atom stereocenters. The standard InChI is InChI=1S/C10H18O/c1-9-5-3-7-10(2,11)8-4-6-9/h5,11H,3-4,6-8H2,1-2H3. The van der Waals surface area contributed by atoms with Gasteiger partial charge in [0.1, 0.15) is 0 Å². The molecule has 1 rings (SSSR count). The minimum Gasteiger partial charge on any atom is -0.390 e. The largest absolute Gasteiger partial charge is 0.390 e. The van der Waals surface area contributed by atoms with E-state index < -0.39 is 5.60 Å². The third kappa shape index (κ3) is 3.06. The minimum atomic E-state index is -0.406. The van der Waals surface area contributed by atoms with Crippen molar-refractivity contribution in [1.29, 1.82) is 0 Å². The van der Waals surface area contributed by atoms with Crippen LogP contribution in [0.15, 0.2) is 11.6 Å². The van der Waals surface area contributed by atoms with Gasteiger partial charge in [-0.15, -0.1) is 0 Å². The van der Waals surface area contributed by atoms with Gasteiger partial charge in [-0.3, -0.25) is 0 Å². The normalized spacial score (nSPS) is 33.9. The minimum absolute atomic E-state index is 0.406. The van der Waals surface area contributed by atoms with Gasteiger partial charge in [0, 0.05) is 0 Å². The summed E-state index contributed by atoms with van der Waals surface area (Å²) in [7, 11) is 0. The first-order chi connectivity index (χ1) is 5.10. The van der Waals surface area contributed by atoms with Gasteiger partial charge in [-0.2, -0.15) is 0 Å². The van der Waals surface area contributed by atoms with Gasteiger partial charge in [0.2, 0.25) is 0 Å². The van der Waals surface area contributed by atoms with Crippen LogP contribution in [0, 0.1) is 0 Å². The summed E-state index contributed by atoms with van der Waals surface area (Å²) in [6.07, 6.45) is 7.47. The lowest BCUT2D eigenvalue weighted by molar-refractivity contribution is 0.0399. The second kappa shape index (κ2) is 3.40. The first-order valence-electron chi connectivity index (χ1n) is 4.48. The van der Waals surface area contributed by atoms with Crippen LogP contribution >= 0.6 is 0 Å². The van der Waals surface area contributed by atoms with Crippen molar-refractivity contribution < 1.29 is 5.11 Å². The Balaban J connectivity index is 2.50. The highest BCUT2D eigenvalue weighted by atomic mass is 16.3. The zero-order chi connectivity index (χ0) is 8.32. The Morgan fingerprint density at radius 1 is 1.45 bits per heavy atom. The number of hydrogen-bond donors (Lipinski definition) is 1. The predicted molar refractivity (Wildman–Crippen MR) is 47.5 cm³/mol. The highest BCUT2D eigenvalue weighted by Gasteiger charge is 2.19. The summed E-state index contributed by atoms with van der Waals surface area (Å²) in [5, 5.41) is 9.74. The molecule has 0 bridgehead atoms. The van der Waals surface area contributed by atoms with Crippen molar-refractivity contribution >= 4 is 0 Å². The quantitative estimate of drug-likeness (QED) is 0.532. The highest BCUT2D eigenvalue weighted by Crippen LogP contribution is 2.24. The molecule has 1 aliphatic rings. The van der Waals surface area contributed by atoms with E-state index in [1.807, 2.05) is 6.92 Å². The molecule has 0 saturated heterocycles. The average Bonchev–Trinajstić information content (AvgIpc) is 1.83. The molecule has 0 aromatic rings. The summed E-state index contributed by atoms with van der Waals surface area (Å²) >= 11 is 0. The topological polar surface area (TPSA) is 20.2 Å². The zero-order valence-corrected chi connectivity index (χ0v) is 7.56. The van der Waals surface area contributed by atoms with E-state index in [4.69, 9.17) is 0 Å². The molecule has 1 nitrogen and oxygen atoms in total. The molecular formula is C10H18O. The van der Waals surface area contributed by atoms with Gasteiger partial charge in [0.25, 0.3) is 0 Å². The second-order valence-electron chi connectivity index (χ2n) is 3.94. The molecule has 0 amide bonds. The molecule has 0 aromatic heterocycles. The Labute approximate surface area is 69.1 Å². The fraction of sp³-hybridized carbons (Fsp3) is 0.800. The highest BCUT2D eigenvalue weighted by molar-refractivity contribution is 5.00.